The third-order valence-corrected chi connectivity index (χ3v) is 9.86. The van der Waals surface area contributed by atoms with E-state index in [0.717, 1.165) is 5.56 Å². The first-order chi connectivity index (χ1) is 24.2. The number of nitrogens with one attached hydrogen (secondary N) is 1. The molecule has 15 nitrogen and oxygen atoms in total. The van der Waals surface area contributed by atoms with Crippen LogP contribution in [0.25, 0.3) is 0 Å². The Hall–Kier alpha value is -5.28. The fraction of sp³-hybridized carbons (Fsp3) is 0.444. The fourth-order valence-electron chi connectivity index (χ4n) is 7.57. The van der Waals surface area contributed by atoms with Crippen LogP contribution >= 0.6 is 0 Å². The van der Waals surface area contributed by atoms with Gasteiger partial charge in [0, 0.05) is 30.0 Å². The molecule has 2 aromatic rings. The Morgan fingerprint density at radius 3 is 2.29 bits per heavy atom. The summed E-state index contributed by atoms with van der Waals surface area (Å²) in [6.45, 7) is 3.04. The van der Waals surface area contributed by atoms with Gasteiger partial charge in [0.05, 0.1) is 29.8 Å². The number of carboxylic acids is 2. The molecule has 272 valence electrons. The van der Waals surface area contributed by atoms with Gasteiger partial charge in [0.15, 0.2) is 17.6 Å². The number of aliphatic hydroxyl groups is 1. The number of phenolic OH excluding ortho intramolecular Hbond substituents is 1. The van der Waals surface area contributed by atoms with Crippen molar-refractivity contribution >= 4 is 35.6 Å². The van der Waals surface area contributed by atoms with E-state index < -0.39 is 96.2 Å². The first kappa shape index (κ1) is 37.0. The van der Waals surface area contributed by atoms with E-state index in [1.165, 1.54) is 43.3 Å². The van der Waals surface area contributed by atoms with Crippen molar-refractivity contribution in [2.24, 2.45) is 5.92 Å². The highest BCUT2D eigenvalue weighted by Crippen LogP contribution is 2.63. The predicted octanol–water partition coefficient (Wildman–Crippen LogP) is 2.25. The number of esters is 3. The van der Waals surface area contributed by atoms with Crippen LogP contribution in [0.5, 0.6) is 11.5 Å². The number of carbonyl (C=O) groups excluding carboxylic acids is 4. The summed E-state index contributed by atoms with van der Waals surface area (Å²) in [6, 6.07) is 10.2. The standard InChI is InChI=1S/C36H39NO14/c1-4-35-28-20-10-11-22(39)30(28)50-31(35)23(12-13-36(35,47)25(15-20)37-3)48-27(42)16-21(14-18(2)38)33(45)51-29(19-8-6-5-7-9-19)34(46)49-24(32(43)44)17-26(40)41/h5-12,21,24-25,29,31,37,39,47H,4,13-17H2,1-3H3,(H,40,41)(H,43,44)/t21-,24-,25+,29-,31-,35-,36+/m0/s1. The number of Topliss-reactive ketones (excluding diaryl/α,β-unsaturated/α-hetero) is 1. The number of rotatable bonds is 15. The first-order valence-corrected chi connectivity index (χ1v) is 16.4. The summed E-state index contributed by atoms with van der Waals surface area (Å²) in [4.78, 5) is 75.2. The zero-order valence-corrected chi connectivity index (χ0v) is 28.1. The van der Waals surface area contributed by atoms with Crippen molar-refractivity contribution < 1.29 is 68.1 Å². The maximum atomic E-state index is 13.6. The van der Waals surface area contributed by atoms with Gasteiger partial charge in [-0.15, -0.1) is 0 Å². The van der Waals surface area contributed by atoms with Crippen LogP contribution in [-0.4, -0.2) is 87.0 Å². The molecule has 15 heteroatoms. The van der Waals surface area contributed by atoms with Crippen LogP contribution in [0, 0.1) is 5.92 Å². The Kier molecular flexibility index (Phi) is 10.5. The third kappa shape index (κ3) is 6.78. The summed E-state index contributed by atoms with van der Waals surface area (Å²) >= 11 is 0. The number of carbonyl (C=O) groups is 6. The van der Waals surface area contributed by atoms with E-state index in [2.05, 4.69) is 5.32 Å². The molecule has 5 rings (SSSR count). The molecular weight excluding hydrogens is 670 g/mol. The molecule has 0 radical (unpaired) electrons. The van der Waals surface area contributed by atoms with Crippen molar-refractivity contribution in [3.8, 4) is 11.5 Å². The zero-order chi connectivity index (χ0) is 37.2. The van der Waals surface area contributed by atoms with E-state index in [0.29, 0.717) is 18.4 Å². The lowest BCUT2D eigenvalue weighted by Gasteiger charge is -2.56. The molecule has 1 aliphatic heterocycles. The Labute approximate surface area is 292 Å². The molecule has 2 aliphatic carbocycles. The molecule has 0 fully saturated rings. The fourth-order valence-corrected chi connectivity index (χ4v) is 7.57. The normalized spacial score (nSPS) is 24.4. The minimum Gasteiger partial charge on any atom is -0.504 e. The number of ketones is 1. The van der Waals surface area contributed by atoms with Crippen molar-refractivity contribution in [2.45, 2.75) is 87.7 Å². The molecule has 0 aromatic heterocycles. The molecular formula is C36H39NO14. The number of likely N-dealkylation sites (N-methyl/N-ethyl adjacent to an activating group) is 1. The van der Waals surface area contributed by atoms with Crippen LogP contribution in [0.1, 0.15) is 68.7 Å². The van der Waals surface area contributed by atoms with E-state index >= 15 is 0 Å². The van der Waals surface area contributed by atoms with Crippen LogP contribution in [0.15, 0.2) is 54.3 Å². The largest absolute Gasteiger partial charge is 0.504 e. The molecule has 0 bridgehead atoms. The Balaban J connectivity index is 1.39. The highest BCUT2D eigenvalue weighted by atomic mass is 16.6. The van der Waals surface area contributed by atoms with Crippen LogP contribution in [0.4, 0.5) is 0 Å². The second-order valence-electron chi connectivity index (χ2n) is 12.9. The van der Waals surface area contributed by atoms with Gasteiger partial charge >= 0.3 is 29.8 Å². The monoisotopic (exact) mass is 709 g/mol. The molecule has 3 aliphatic rings. The number of aromatic hydroxyl groups is 1. The van der Waals surface area contributed by atoms with Crippen molar-refractivity contribution in [3.05, 3.63) is 71.0 Å². The average Bonchev–Trinajstić information content (AvgIpc) is 3.46. The summed E-state index contributed by atoms with van der Waals surface area (Å²) in [6.07, 6.45) is -4.86. The van der Waals surface area contributed by atoms with Crippen LogP contribution < -0.4 is 10.1 Å². The maximum absolute atomic E-state index is 13.6. The number of ether oxygens (including phenoxy) is 4. The zero-order valence-electron chi connectivity index (χ0n) is 28.1. The minimum absolute atomic E-state index is 0.0450. The van der Waals surface area contributed by atoms with Gasteiger partial charge in [-0.3, -0.25) is 14.4 Å². The number of hydrogen-bond acceptors (Lipinski definition) is 13. The van der Waals surface area contributed by atoms with E-state index in [4.69, 9.17) is 24.1 Å². The van der Waals surface area contributed by atoms with Gasteiger partial charge in [-0.25, -0.2) is 9.59 Å². The van der Waals surface area contributed by atoms with Crippen LogP contribution in [0.2, 0.25) is 0 Å². The topological polar surface area (TPSA) is 232 Å². The second-order valence-corrected chi connectivity index (χ2v) is 12.9. The lowest BCUT2D eigenvalue weighted by atomic mass is 9.52. The number of benzene rings is 2. The molecule has 0 amide bonds. The summed E-state index contributed by atoms with van der Waals surface area (Å²) in [5, 5.41) is 44.6. The minimum atomic E-state index is -2.09. The molecule has 0 saturated carbocycles. The van der Waals surface area contributed by atoms with Gasteiger partial charge in [0.25, 0.3) is 0 Å². The molecule has 2 aromatic carbocycles. The van der Waals surface area contributed by atoms with Gasteiger partial charge in [-0.2, -0.15) is 0 Å². The number of phenols is 1. The highest BCUT2D eigenvalue weighted by molar-refractivity contribution is 5.89. The van der Waals surface area contributed by atoms with Crippen molar-refractivity contribution in [1.82, 2.24) is 5.32 Å². The summed E-state index contributed by atoms with van der Waals surface area (Å²) in [5.41, 5.74) is -0.970. The van der Waals surface area contributed by atoms with Gasteiger partial charge < -0.3 is 49.5 Å². The van der Waals surface area contributed by atoms with Crippen LogP contribution in [0.3, 0.4) is 0 Å². The van der Waals surface area contributed by atoms with E-state index in [1.807, 2.05) is 6.92 Å². The van der Waals surface area contributed by atoms with Crippen molar-refractivity contribution in [3.63, 3.8) is 0 Å². The maximum Gasteiger partial charge on any atom is 0.353 e. The van der Waals surface area contributed by atoms with Gasteiger partial charge in [-0.05, 0) is 44.5 Å². The van der Waals surface area contributed by atoms with Crippen LogP contribution in [-0.2, 0) is 54.8 Å². The number of carboxylic acid groups (broad SMARTS) is 2. The van der Waals surface area contributed by atoms with Gasteiger partial charge in [0.2, 0.25) is 12.2 Å². The summed E-state index contributed by atoms with van der Waals surface area (Å²) in [7, 11) is 1.74. The molecule has 0 spiro atoms. The van der Waals surface area contributed by atoms with Gasteiger partial charge in [0.1, 0.15) is 11.5 Å². The number of hydrogen-bond donors (Lipinski definition) is 5. The van der Waals surface area contributed by atoms with Gasteiger partial charge in [-0.1, -0.05) is 43.3 Å². The summed E-state index contributed by atoms with van der Waals surface area (Å²) < 4.78 is 22.4. The smallest absolute Gasteiger partial charge is 0.353 e. The predicted molar refractivity (Wildman–Crippen MR) is 173 cm³/mol. The van der Waals surface area contributed by atoms with E-state index in [1.54, 1.807) is 19.2 Å². The quantitative estimate of drug-likeness (QED) is 0.132. The Morgan fingerprint density at radius 2 is 1.69 bits per heavy atom. The SMILES string of the molecule is CC[C@]12c3c4ccc(O)c3O[C@H]1C(OC(=O)C[C@H](CC(C)=O)C(=O)O[C@H](C(=O)O[C@@H](CC(=O)O)C(=O)O)c1ccccc1)=CC[C@@]2(O)[C@H](NC)C4. The van der Waals surface area contributed by atoms with E-state index in [9.17, 15) is 44.1 Å². The molecule has 5 N–H and O–H groups in total. The molecule has 0 saturated heterocycles. The van der Waals surface area contributed by atoms with Crippen molar-refractivity contribution in [2.75, 3.05) is 7.05 Å². The molecule has 0 unspecified atom stereocenters. The lowest BCUT2D eigenvalue weighted by molar-refractivity contribution is -0.181. The summed E-state index contributed by atoms with van der Waals surface area (Å²) in [5.74, 6) is -8.70. The molecule has 1 heterocycles. The second kappa shape index (κ2) is 14.5. The highest BCUT2D eigenvalue weighted by Gasteiger charge is 2.69. The lowest BCUT2D eigenvalue weighted by Crippen LogP contribution is -2.70. The number of aliphatic carboxylic acids is 2. The third-order valence-electron chi connectivity index (χ3n) is 9.86. The average molecular weight is 710 g/mol. The Morgan fingerprint density at radius 1 is 0.980 bits per heavy atom. The van der Waals surface area contributed by atoms with Crippen molar-refractivity contribution in [1.29, 1.82) is 0 Å². The first-order valence-electron chi connectivity index (χ1n) is 16.4. The molecule has 51 heavy (non-hydrogen) atoms. The molecule has 7 atom stereocenters. The van der Waals surface area contributed by atoms with E-state index in [-0.39, 0.29) is 29.2 Å². The Bertz CT molecular complexity index is 1770.